The molecule has 0 heterocycles. The van der Waals surface area contributed by atoms with E-state index in [1.54, 1.807) is 6.08 Å². The molecule has 0 radical (unpaired) electrons. The lowest BCUT2D eigenvalue weighted by Gasteiger charge is -2.25. The molecule has 498 valence electrons. The van der Waals surface area contributed by atoms with Crippen LogP contribution in [0.3, 0.4) is 0 Å². The molecule has 1 amide bonds. The van der Waals surface area contributed by atoms with Crippen molar-refractivity contribution in [2.24, 2.45) is 0 Å². The molecule has 3 N–H and O–H groups in total. The monoisotopic (exact) mass is 1210 g/mol. The number of phosphoric acid groups is 1. The Hall–Kier alpha value is -2.06. The smallest absolute Gasteiger partial charge is 0.387 e. The highest BCUT2D eigenvalue weighted by atomic mass is 31.2. The molecule has 0 aromatic carbocycles. The molecule has 0 aliphatic heterocycles. The molecule has 0 aromatic heterocycles. The third-order valence-corrected chi connectivity index (χ3v) is 17.6. The van der Waals surface area contributed by atoms with E-state index in [0.29, 0.717) is 17.4 Å². The van der Waals surface area contributed by atoms with Gasteiger partial charge < -0.3 is 19.8 Å². The van der Waals surface area contributed by atoms with Crippen LogP contribution in [0.1, 0.15) is 354 Å². The van der Waals surface area contributed by atoms with Gasteiger partial charge in [0.2, 0.25) is 5.91 Å². The quantitative estimate of drug-likeness (QED) is 0.0243. The van der Waals surface area contributed by atoms with Crippen LogP contribution in [0.15, 0.2) is 72.9 Å². The molecule has 85 heavy (non-hydrogen) atoms. The van der Waals surface area contributed by atoms with Gasteiger partial charge in [0, 0.05) is 6.42 Å². The number of nitrogens with one attached hydrogen (secondary N) is 1. The lowest BCUT2D eigenvalue weighted by Crippen LogP contribution is -2.45. The molecule has 0 bridgehead atoms. The second-order valence-corrected chi connectivity index (χ2v) is 27.8. The molecule has 0 aliphatic rings. The average molecular weight is 1210 g/mol. The van der Waals surface area contributed by atoms with Crippen LogP contribution < -0.4 is 5.32 Å². The van der Waals surface area contributed by atoms with E-state index in [1.165, 1.54) is 276 Å². The number of hydrogen-bond acceptors (Lipinski definition) is 5. The second-order valence-electron chi connectivity index (χ2n) is 26.3. The van der Waals surface area contributed by atoms with Crippen LogP contribution in [-0.4, -0.2) is 73.4 Å². The van der Waals surface area contributed by atoms with E-state index in [2.05, 4.69) is 79.9 Å². The van der Waals surface area contributed by atoms with Crippen molar-refractivity contribution in [3.05, 3.63) is 72.9 Å². The Balaban J connectivity index is 4.09. The minimum absolute atomic E-state index is 0.0526. The van der Waals surface area contributed by atoms with E-state index < -0.39 is 20.0 Å². The van der Waals surface area contributed by atoms with Crippen molar-refractivity contribution in [1.29, 1.82) is 0 Å². The average Bonchev–Trinajstić information content (AvgIpc) is 3.49. The Morgan fingerprint density at radius 3 is 1.02 bits per heavy atom. The molecule has 0 rings (SSSR count). The van der Waals surface area contributed by atoms with Crippen LogP contribution in [0.25, 0.3) is 0 Å². The van der Waals surface area contributed by atoms with E-state index in [4.69, 9.17) is 9.05 Å². The fourth-order valence-electron chi connectivity index (χ4n) is 10.9. The van der Waals surface area contributed by atoms with E-state index in [0.717, 1.165) is 57.8 Å². The summed E-state index contributed by atoms with van der Waals surface area (Å²) in [6.07, 6.45) is 93.6. The minimum Gasteiger partial charge on any atom is -0.387 e. The number of rotatable bonds is 68. The van der Waals surface area contributed by atoms with Crippen molar-refractivity contribution < 1.29 is 32.9 Å². The van der Waals surface area contributed by atoms with Gasteiger partial charge in [-0.05, 0) is 83.5 Å². The number of hydrogen-bond donors (Lipinski definition) is 3. The van der Waals surface area contributed by atoms with E-state index >= 15 is 0 Å². The number of nitrogens with zero attached hydrogens (tertiary/aromatic N) is 1. The molecule has 0 fully saturated rings. The number of aliphatic hydroxyl groups excluding tert-OH is 1. The lowest BCUT2D eigenvalue weighted by molar-refractivity contribution is -0.870. The van der Waals surface area contributed by atoms with Gasteiger partial charge in [-0.15, -0.1) is 0 Å². The first-order chi connectivity index (χ1) is 41.5. The summed E-state index contributed by atoms with van der Waals surface area (Å²) in [5.41, 5.74) is 0. The van der Waals surface area contributed by atoms with Crippen LogP contribution in [-0.2, 0) is 18.4 Å². The number of amides is 1. The first-order valence-electron chi connectivity index (χ1n) is 36.8. The fourth-order valence-corrected chi connectivity index (χ4v) is 11.6. The van der Waals surface area contributed by atoms with Crippen molar-refractivity contribution in [2.75, 3.05) is 40.9 Å². The van der Waals surface area contributed by atoms with Gasteiger partial charge in [0.1, 0.15) is 13.2 Å². The third kappa shape index (κ3) is 69.3. The fraction of sp³-hybridized carbons (Fsp3) is 0.829. The standard InChI is InChI=1S/C76H143N2O6P/c1-6-8-10-12-14-16-18-20-22-24-26-28-30-32-34-36-38-39-40-42-44-46-48-50-52-54-56-58-60-62-64-66-68-70-76(80)77-74(73-84-85(81,82)83-72-71-78(3,4)5)75(79)69-67-65-63-61-59-57-55-53-51-49-47-45-43-41-37-35-33-31-29-27-25-23-21-19-17-15-13-11-9-7-2/h18,20,24,26,30,32,51,53,59,61,67,69,74-75,79H,6-17,19,21-23,25,27-29,31,33-50,52,54-58,60,62-66,68,70-73H2,1-5H3,(H-,77,80,81,82)/p+1/b20-18-,26-24-,32-30-,53-51+,61-59+,69-67+. The van der Waals surface area contributed by atoms with Gasteiger partial charge >= 0.3 is 7.82 Å². The zero-order valence-corrected chi connectivity index (χ0v) is 58.0. The molecule has 8 nitrogen and oxygen atoms in total. The molecule has 3 unspecified atom stereocenters. The zero-order valence-electron chi connectivity index (χ0n) is 57.1. The largest absolute Gasteiger partial charge is 0.472 e. The third-order valence-electron chi connectivity index (χ3n) is 16.6. The predicted octanol–water partition coefficient (Wildman–Crippen LogP) is 23.7. The SMILES string of the molecule is CCCCCCC/C=C\C/C=C\C/C=C\CCCCCCCCCCCCCCCCCCCCC(=O)NC(COP(=O)(O)OCC[N+](C)(C)C)C(O)/C=C/CC/C=C/CC/C=C/CCCCCCCCCCCCCCCCCCCCCC. The maximum absolute atomic E-state index is 13.1. The molecule has 0 aliphatic carbocycles. The van der Waals surface area contributed by atoms with Gasteiger partial charge in [-0.3, -0.25) is 13.8 Å². The number of likely N-dealkylation sites (N-methyl/N-ethyl adjacent to an activating group) is 1. The summed E-state index contributed by atoms with van der Waals surface area (Å²) in [6.45, 7) is 4.82. The Labute approximate surface area is 529 Å². The van der Waals surface area contributed by atoms with Gasteiger partial charge in [-0.1, -0.05) is 337 Å². The van der Waals surface area contributed by atoms with Crippen LogP contribution in [0.2, 0.25) is 0 Å². The molecule has 0 aromatic rings. The Morgan fingerprint density at radius 2 is 0.682 bits per heavy atom. The molecule has 0 saturated carbocycles. The van der Waals surface area contributed by atoms with Crippen LogP contribution in [0, 0.1) is 0 Å². The van der Waals surface area contributed by atoms with Gasteiger partial charge in [-0.2, -0.15) is 0 Å². The second kappa shape index (κ2) is 66.4. The van der Waals surface area contributed by atoms with Gasteiger partial charge in [-0.25, -0.2) is 4.57 Å². The Morgan fingerprint density at radius 1 is 0.400 bits per heavy atom. The van der Waals surface area contributed by atoms with Crippen molar-refractivity contribution in [3.63, 3.8) is 0 Å². The maximum Gasteiger partial charge on any atom is 0.472 e. The Kier molecular flexibility index (Phi) is 64.8. The summed E-state index contributed by atoms with van der Waals surface area (Å²) in [7, 11) is 1.55. The number of unbranched alkanes of at least 4 members (excludes halogenated alkanes) is 45. The van der Waals surface area contributed by atoms with E-state index in [1.807, 2.05) is 27.2 Å². The van der Waals surface area contributed by atoms with Crippen molar-refractivity contribution >= 4 is 13.7 Å². The summed E-state index contributed by atoms with van der Waals surface area (Å²) >= 11 is 0. The van der Waals surface area contributed by atoms with Crippen LogP contribution >= 0.6 is 7.82 Å². The number of quaternary nitrogens is 1. The maximum atomic E-state index is 13.1. The number of allylic oxidation sites excluding steroid dienone is 11. The van der Waals surface area contributed by atoms with Crippen molar-refractivity contribution in [2.45, 2.75) is 366 Å². The Bertz CT molecular complexity index is 1620. The summed E-state index contributed by atoms with van der Waals surface area (Å²) in [6, 6.07) is -0.874. The molecular weight excluding hydrogens is 1070 g/mol. The van der Waals surface area contributed by atoms with Gasteiger partial charge in [0.15, 0.2) is 0 Å². The summed E-state index contributed by atoms with van der Waals surface area (Å²) in [5.74, 6) is -0.187. The van der Waals surface area contributed by atoms with E-state index in [9.17, 15) is 19.4 Å². The minimum atomic E-state index is -4.37. The molecule has 3 atom stereocenters. The van der Waals surface area contributed by atoms with Crippen LogP contribution in [0.4, 0.5) is 0 Å². The lowest BCUT2D eigenvalue weighted by atomic mass is 10.0. The topological polar surface area (TPSA) is 105 Å². The molecule has 0 saturated heterocycles. The highest BCUT2D eigenvalue weighted by Crippen LogP contribution is 2.43. The highest BCUT2D eigenvalue weighted by Gasteiger charge is 2.28. The first kappa shape index (κ1) is 82.9. The predicted molar refractivity (Wildman–Crippen MR) is 373 cm³/mol. The van der Waals surface area contributed by atoms with Crippen molar-refractivity contribution in [3.8, 4) is 0 Å². The summed E-state index contributed by atoms with van der Waals surface area (Å²) in [4.78, 5) is 23.4. The number of carbonyl (C=O) groups is 1. The number of phosphoric ester groups is 1. The molecule has 9 heteroatoms. The molecular formula is C76H144N2O6P+. The zero-order chi connectivity index (χ0) is 61.9. The highest BCUT2D eigenvalue weighted by molar-refractivity contribution is 7.47. The summed E-state index contributed by atoms with van der Waals surface area (Å²) in [5, 5.41) is 14.0. The van der Waals surface area contributed by atoms with Crippen LogP contribution in [0.5, 0.6) is 0 Å². The number of aliphatic hydroxyl groups is 1. The molecule has 0 spiro atoms. The van der Waals surface area contributed by atoms with Gasteiger partial charge in [0.05, 0.1) is 39.9 Å². The van der Waals surface area contributed by atoms with Crippen molar-refractivity contribution in [1.82, 2.24) is 5.32 Å². The van der Waals surface area contributed by atoms with E-state index in [-0.39, 0.29) is 19.1 Å². The summed E-state index contributed by atoms with van der Waals surface area (Å²) < 4.78 is 23.8. The van der Waals surface area contributed by atoms with Gasteiger partial charge in [0.25, 0.3) is 0 Å². The normalized spacial score (nSPS) is 14.0. The first-order valence-corrected chi connectivity index (χ1v) is 38.3. The number of carbonyl (C=O) groups excluding carboxylic acids is 1.